The maximum Gasteiger partial charge on any atom is 0.267 e. The van der Waals surface area contributed by atoms with Crippen LogP contribution in [0.2, 0.25) is 0 Å². The van der Waals surface area contributed by atoms with Crippen LogP contribution >= 0.6 is 22.7 Å². The first-order valence-corrected chi connectivity index (χ1v) is 9.52. The summed E-state index contributed by atoms with van der Waals surface area (Å²) in [7, 11) is 0. The smallest absolute Gasteiger partial charge is 0.267 e. The summed E-state index contributed by atoms with van der Waals surface area (Å²) in [4.78, 5) is 30.9. The van der Waals surface area contributed by atoms with Gasteiger partial charge in [-0.3, -0.25) is 14.9 Å². The molecule has 1 amide bonds. The number of rotatable bonds is 4. The Labute approximate surface area is 144 Å². The van der Waals surface area contributed by atoms with Crippen molar-refractivity contribution < 1.29 is 9.59 Å². The molecule has 1 atom stereocenters. The number of aryl methyl sites for hydroxylation is 2. The lowest BCUT2D eigenvalue weighted by Gasteiger charge is -2.19. The van der Waals surface area contributed by atoms with Crippen LogP contribution in [0.5, 0.6) is 0 Å². The Morgan fingerprint density at radius 3 is 2.83 bits per heavy atom. The van der Waals surface area contributed by atoms with Crippen molar-refractivity contribution in [1.29, 1.82) is 0 Å². The van der Waals surface area contributed by atoms with Crippen molar-refractivity contribution >= 4 is 39.5 Å². The first-order valence-electron chi connectivity index (χ1n) is 7.89. The zero-order valence-corrected chi connectivity index (χ0v) is 15.2. The van der Waals surface area contributed by atoms with Gasteiger partial charge in [-0.15, -0.1) is 11.3 Å². The van der Waals surface area contributed by atoms with Gasteiger partial charge in [0.05, 0.1) is 15.4 Å². The normalized spacial score (nSPS) is 16.9. The molecule has 0 aromatic carbocycles. The van der Waals surface area contributed by atoms with E-state index in [4.69, 9.17) is 0 Å². The zero-order valence-electron chi connectivity index (χ0n) is 13.6. The van der Waals surface area contributed by atoms with Gasteiger partial charge >= 0.3 is 0 Å². The lowest BCUT2D eigenvalue weighted by atomic mass is 9.87. The molecule has 6 heteroatoms. The van der Waals surface area contributed by atoms with Gasteiger partial charge in [0.1, 0.15) is 0 Å². The van der Waals surface area contributed by atoms with Gasteiger partial charge in [0, 0.05) is 11.8 Å². The van der Waals surface area contributed by atoms with Crippen molar-refractivity contribution in [3.63, 3.8) is 0 Å². The van der Waals surface area contributed by atoms with Gasteiger partial charge in [0.25, 0.3) is 5.91 Å². The topological polar surface area (TPSA) is 59.1 Å². The van der Waals surface area contributed by atoms with Gasteiger partial charge in [-0.2, -0.15) is 0 Å². The van der Waals surface area contributed by atoms with Crippen LogP contribution in [-0.4, -0.2) is 16.7 Å². The Morgan fingerprint density at radius 2 is 2.17 bits per heavy atom. The van der Waals surface area contributed by atoms with Crippen LogP contribution in [0.3, 0.4) is 0 Å². The fourth-order valence-corrected chi connectivity index (χ4v) is 4.96. The molecule has 0 fully saturated rings. The maximum absolute atomic E-state index is 12.5. The zero-order chi connectivity index (χ0) is 16.6. The molecule has 0 radical (unpaired) electrons. The third-order valence-electron chi connectivity index (χ3n) is 4.32. The van der Waals surface area contributed by atoms with E-state index in [0.29, 0.717) is 15.7 Å². The Bertz CT molecular complexity index is 761. The average molecular weight is 348 g/mol. The highest BCUT2D eigenvalue weighted by Crippen LogP contribution is 2.34. The summed E-state index contributed by atoms with van der Waals surface area (Å²) in [6.07, 6.45) is 4.58. The second kappa shape index (κ2) is 6.53. The maximum atomic E-state index is 12.5. The number of aromatic nitrogens is 1. The summed E-state index contributed by atoms with van der Waals surface area (Å²) in [5.74, 6) is 0.603. The first-order chi connectivity index (χ1) is 11.0. The van der Waals surface area contributed by atoms with E-state index >= 15 is 0 Å². The highest BCUT2D eigenvalue weighted by Gasteiger charge is 2.22. The Kier molecular flexibility index (Phi) is 4.64. The van der Waals surface area contributed by atoms with E-state index in [9.17, 15) is 9.59 Å². The first kappa shape index (κ1) is 16.3. The van der Waals surface area contributed by atoms with E-state index < -0.39 is 0 Å². The van der Waals surface area contributed by atoms with Crippen LogP contribution in [0.25, 0.3) is 0 Å². The van der Waals surface area contributed by atoms with Crippen LogP contribution in [0.15, 0.2) is 6.07 Å². The van der Waals surface area contributed by atoms with E-state index in [1.807, 2.05) is 6.07 Å². The number of thiophene rings is 1. The van der Waals surface area contributed by atoms with E-state index in [-0.39, 0.29) is 11.7 Å². The fraction of sp³-hybridized carbons (Fsp3) is 0.471. The molecule has 1 aliphatic rings. The minimum absolute atomic E-state index is 0.0160. The van der Waals surface area contributed by atoms with Crippen LogP contribution in [0, 0.1) is 12.8 Å². The molecule has 0 spiro atoms. The number of fused-ring (bicyclic) bond motifs is 1. The number of hydrogen-bond donors (Lipinski definition) is 1. The summed E-state index contributed by atoms with van der Waals surface area (Å²) in [6.45, 7) is 5.54. The second-order valence-electron chi connectivity index (χ2n) is 6.02. The van der Waals surface area contributed by atoms with Crippen molar-refractivity contribution in [1.82, 2.24) is 4.98 Å². The third kappa shape index (κ3) is 3.38. The highest BCUT2D eigenvalue weighted by atomic mass is 32.1. The molecule has 0 bridgehead atoms. The SMILES string of the molecule is CCC1CCc2sc(C(=O)Nc3nc(C)c(C(C)=O)s3)cc2C1. The molecule has 1 aliphatic carbocycles. The van der Waals surface area contributed by atoms with E-state index in [1.165, 1.54) is 41.5 Å². The quantitative estimate of drug-likeness (QED) is 0.829. The van der Waals surface area contributed by atoms with Crippen molar-refractivity contribution in [3.05, 3.63) is 32.0 Å². The summed E-state index contributed by atoms with van der Waals surface area (Å²) < 4.78 is 0. The number of amides is 1. The van der Waals surface area contributed by atoms with Crippen molar-refractivity contribution in [2.75, 3.05) is 5.32 Å². The monoisotopic (exact) mass is 348 g/mol. The Morgan fingerprint density at radius 1 is 1.39 bits per heavy atom. The number of Topliss-reactive ketones (excluding diaryl/α,β-unsaturated/α-hetero) is 1. The van der Waals surface area contributed by atoms with Gasteiger partial charge < -0.3 is 0 Å². The summed E-state index contributed by atoms with van der Waals surface area (Å²) >= 11 is 2.83. The molecule has 0 aliphatic heterocycles. The summed E-state index contributed by atoms with van der Waals surface area (Å²) in [6, 6.07) is 2.03. The predicted molar refractivity (Wildman–Crippen MR) is 94.9 cm³/mol. The van der Waals surface area contributed by atoms with E-state index in [1.54, 1.807) is 18.3 Å². The van der Waals surface area contributed by atoms with Crippen molar-refractivity contribution in [3.8, 4) is 0 Å². The molecule has 122 valence electrons. The number of thiazole rings is 1. The molecule has 1 N–H and O–H groups in total. The molecule has 0 saturated carbocycles. The molecule has 1 unspecified atom stereocenters. The molecular weight excluding hydrogens is 328 g/mol. The molecule has 0 saturated heterocycles. The van der Waals surface area contributed by atoms with Crippen molar-refractivity contribution in [2.45, 2.75) is 46.5 Å². The molecular formula is C17H20N2O2S2. The van der Waals surface area contributed by atoms with Crippen molar-refractivity contribution in [2.24, 2.45) is 5.92 Å². The summed E-state index contributed by atoms with van der Waals surface area (Å²) in [5, 5.41) is 3.33. The largest absolute Gasteiger partial charge is 0.297 e. The Hall–Kier alpha value is -1.53. The molecule has 2 aromatic rings. The lowest BCUT2D eigenvalue weighted by Crippen LogP contribution is -2.11. The van der Waals surface area contributed by atoms with Gasteiger partial charge in [-0.05, 0) is 43.7 Å². The third-order valence-corrected chi connectivity index (χ3v) is 6.73. The lowest BCUT2D eigenvalue weighted by molar-refractivity contribution is 0.101. The van der Waals surface area contributed by atoms with Gasteiger partial charge in [-0.25, -0.2) is 4.98 Å². The minimum Gasteiger partial charge on any atom is -0.297 e. The van der Waals surface area contributed by atoms with Crippen LogP contribution in [-0.2, 0) is 12.8 Å². The number of hydrogen-bond acceptors (Lipinski definition) is 5. The molecule has 3 rings (SSSR count). The number of ketones is 1. The van der Waals surface area contributed by atoms with Crippen LogP contribution in [0.4, 0.5) is 5.13 Å². The number of carbonyl (C=O) groups is 2. The van der Waals surface area contributed by atoms with Crippen LogP contribution in [0.1, 0.15) is 62.2 Å². The van der Waals surface area contributed by atoms with E-state index in [2.05, 4.69) is 17.2 Å². The number of nitrogens with zero attached hydrogens (tertiary/aromatic N) is 1. The summed E-state index contributed by atoms with van der Waals surface area (Å²) in [5.41, 5.74) is 2.01. The Balaban J connectivity index is 1.75. The average Bonchev–Trinajstić information content (AvgIpc) is 3.09. The van der Waals surface area contributed by atoms with Gasteiger partial charge in [0.2, 0.25) is 0 Å². The minimum atomic E-state index is -0.124. The number of carbonyl (C=O) groups excluding carboxylic acids is 2. The van der Waals surface area contributed by atoms with Gasteiger partial charge in [0.15, 0.2) is 10.9 Å². The highest BCUT2D eigenvalue weighted by molar-refractivity contribution is 7.18. The molecule has 2 aromatic heterocycles. The number of nitrogens with one attached hydrogen (secondary N) is 1. The molecule has 23 heavy (non-hydrogen) atoms. The molecule has 2 heterocycles. The molecule has 4 nitrogen and oxygen atoms in total. The van der Waals surface area contributed by atoms with Crippen LogP contribution < -0.4 is 5.32 Å². The number of anilines is 1. The standard InChI is InChI=1S/C17H20N2O2S2/c1-4-11-5-6-13-12(7-11)8-14(22-13)16(21)19-17-18-9(2)15(23-17)10(3)20/h8,11H,4-7H2,1-3H3,(H,18,19,21). The van der Waals surface area contributed by atoms with E-state index in [0.717, 1.165) is 23.6 Å². The fourth-order valence-electron chi connectivity index (χ4n) is 2.99. The second-order valence-corrected chi connectivity index (χ2v) is 8.16. The predicted octanol–water partition coefficient (Wildman–Crippen LogP) is 4.48. The van der Waals surface area contributed by atoms with Gasteiger partial charge in [-0.1, -0.05) is 24.7 Å².